The first-order valence-corrected chi connectivity index (χ1v) is 11.8. The van der Waals surface area contributed by atoms with Crippen molar-refractivity contribution in [2.45, 2.75) is 32.4 Å². The summed E-state index contributed by atoms with van der Waals surface area (Å²) >= 11 is 0. The fourth-order valence-electron chi connectivity index (χ4n) is 4.46. The largest absolute Gasteiger partial charge is 0.444 e. The molecule has 0 bridgehead atoms. The van der Waals surface area contributed by atoms with Crippen LogP contribution < -0.4 is 16.0 Å². The Kier molecular flexibility index (Phi) is 6.57. The summed E-state index contributed by atoms with van der Waals surface area (Å²) in [6, 6.07) is 7.34. The molecule has 1 fully saturated rings. The molecule has 1 aliphatic heterocycles. The summed E-state index contributed by atoms with van der Waals surface area (Å²) in [6.07, 6.45) is 3.89. The van der Waals surface area contributed by atoms with Gasteiger partial charge in [-0.3, -0.25) is 9.48 Å². The minimum Gasteiger partial charge on any atom is -0.444 e. The molecule has 5 rings (SSSR count). The number of aliphatic hydroxyl groups is 1. The van der Waals surface area contributed by atoms with E-state index in [-0.39, 0.29) is 17.7 Å². The molecule has 0 saturated carbocycles. The number of nitrogens with two attached hydrogens (primary N) is 1. The predicted octanol–water partition coefficient (Wildman–Crippen LogP) is 2.84. The van der Waals surface area contributed by atoms with E-state index >= 15 is 0 Å². The van der Waals surface area contributed by atoms with E-state index < -0.39 is 5.91 Å². The number of carbonyl (C=O) groups excluding carboxylic acids is 1. The van der Waals surface area contributed by atoms with Crippen LogP contribution in [0.5, 0.6) is 0 Å². The first-order chi connectivity index (χ1) is 17.4. The van der Waals surface area contributed by atoms with Crippen molar-refractivity contribution >= 4 is 34.0 Å². The van der Waals surface area contributed by atoms with Gasteiger partial charge in [-0.05, 0) is 44.0 Å². The SMILES string of the molecule is COCCn1nc(C)c2cc(NC(=O)c3coc(-c4ccnc(N)c4)n3)c(N3CCC(O)CC3)cc21. The number of aliphatic hydroxyl groups excluding tert-OH is 1. The fourth-order valence-corrected chi connectivity index (χ4v) is 4.46. The summed E-state index contributed by atoms with van der Waals surface area (Å²) in [6.45, 7) is 4.46. The maximum atomic E-state index is 13.2. The average Bonchev–Trinajstić information content (AvgIpc) is 3.48. The van der Waals surface area contributed by atoms with Gasteiger partial charge in [-0.1, -0.05) is 0 Å². The van der Waals surface area contributed by atoms with Crippen molar-refractivity contribution in [2.24, 2.45) is 0 Å². The smallest absolute Gasteiger partial charge is 0.277 e. The topological polar surface area (TPSA) is 145 Å². The molecule has 0 aliphatic carbocycles. The van der Waals surface area contributed by atoms with E-state index in [4.69, 9.17) is 14.9 Å². The number of fused-ring (bicyclic) bond motifs is 1. The average molecular weight is 492 g/mol. The lowest BCUT2D eigenvalue weighted by molar-refractivity contribution is 0.102. The predicted molar refractivity (Wildman–Crippen MR) is 136 cm³/mol. The van der Waals surface area contributed by atoms with Gasteiger partial charge >= 0.3 is 0 Å². The van der Waals surface area contributed by atoms with E-state index in [0.29, 0.717) is 56.2 Å². The molecule has 0 radical (unpaired) electrons. The monoisotopic (exact) mass is 491 g/mol. The van der Waals surface area contributed by atoms with Crippen LogP contribution in [0.15, 0.2) is 41.1 Å². The summed E-state index contributed by atoms with van der Waals surface area (Å²) in [5.41, 5.74) is 9.87. The van der Waals surface area contributed by atoms with Crippen molar-refractivity contribution in [3.8, 4) is 11.5 Å². The molecule has 1 aliphatic rings. The Bertz CT molecular complexity index is 1390. The van der Waals surface area contributed by atoms with E-state index in [1.165, 1.54) is 6.26 Å². The minimum atomic E-state index is -0.394. The van der Waals surface area contributed by atoms with Crippen LogP contribution in [0.4, 0.5) is 17.2 Å². The van der Waals surface area contributed by atoms with Crippen LogP contribution in [-0.4, -0.2) is 63.7 Å². The number of methoxy groups -OCH3 is 1. The Morgan fingerprint density at radius 1 is 1.31 bits per heavy atom. The van der Waals surface area contributed by atoms with E-state index in [9.17, 15) is 9.90 Å². The number of benzene rings is 1. The highest BCUT2D eigenvalue weighted by Gasteiger charge is 2.23. The van der Waals surface area contributed by atoms with Crippen LogP contribution in [0.3, 0.4) is 0 Å². The molecular formula is C25H29N7O4. The summed E-state index contributed by atoms with van der Waals surface area (Å²) in [5.74, 6) is 0.224. The van der Waals surface area contributed by atoms with Crippen LogP contribution in [0.1, 0.15) is 29.0 Å². The first kappa shape index (κ1) is 23.8. The number of rotatable bonds is 7. The lowest BCUT2D eigenvalue weighted by atomic mass is 10.1. The Morgan fingerprint density at radius 2 is 2.11 bits per heavy atom. The number of pyridine rings is 1. The van der Waals surface area contributed by atoms with Crippen molar-refractivity contribution in [3.05, 3.63) is 48.1 Å². The molecule has 4 aromatic rings. The molecule has 0 atom stereocenters. The normalized spacial score (nSPS) is 14.5. The van der Waals surface area contributed by atoms with Crippen LogP contribution >= 0.6 is 0 Å². The molecular weight excluding hydrogens is 462 g/mol. The highest BCUT2D eigenvalue weighted by Crippen LogP contribution is 2.35. The van der Waals surface area contributed by atoms with E-state index in [2.05, 4.69) is 25.3 Å². The van der Waals surface area contributed by atoms with Crippen molar-refractivity contribution in [1.29, 1.82) is 0 Å². The van der Waals surface area contributed by atoms with Crippen molar-refractivity contribution < 1.29 is 19.1 Å². The zero-order valence-corrected chi connectivity index (χ0v) is 20.3. The maximum absolute atomic E-state index is 13.2. The van der Waals surface area contributed by atoms with Gasteiger partial charge in [0.05, 0.1) is 41.8 Å². The quantitative estimate of drug-likeness (QED) is 0.355. The number of aromatic nitrogens is 4. The number of anilines is 3. The van der Waals surface area contributed by atoms with Gasteiger partial charge in [0.15, 0.2) is 5.69 Å². The summed E-state index contributed by atoms with van der Waals surface area (Å²) < 4.78 is 12.7. The standard InChI is InChI=1S/C25H29N7O4/c1-15-18-12-19(28-24(34)20-14-36-25(29-20)16-3-6-27-23(26)11-16)22(31-7-4-17(33)5-8-31)13-21(18)32(30-15)9-10-35-2/h3,6,11-14,17,33H,4-5,7-10H2,1-2H3,(H2,26,27)(H,28,34). The third kappa shape index (κ3) is 4.75. The molecule has 1 amide bonds. The molecule has 4 N–H and O–H groups in total. The molecule has 3 aromatic heterocycles. The number of hydrogen-bond donors (Lipinski definition) is 3. The third-order valence-electron chi connectivity index (χ3n) is 6.38. The number of nitrogen functional groups attached to an aromatic ring is 1. The number of aryl methyl sites for hydroxylation is 1. The summed E-state index contributed by atoms with van der Waals surface area (Å²) in [4.78, 5) is 23.7. The Hall–Kier alpha value is -3.96. The van der Waals surface area contributed by atoms with Gasteiger partial charge in [0, 0.05) is 37.3 Å². The molecule has 1 aromatic carbocycles. The second-order valence-corrected chi connectivity index (χ2v) is 8.87. The number of nitrogens with one attached hydrogen (secondary N) is 1. The number of oxazole rings is 1. The van der Waals surface area contributed by atoms with Gasteiger partial charge in [-0.2, -0.15) is 5.10 Å². The molecule has 11 heteroatoms. The number of amides is 1. The second kappa shape index (κ2) is 9.96. The van der Waals surface area contributed by atoms with Crippen LogP contribution in [0.25, 0.3) is 22.4 Å². The number of nitrogens with zero attached hydrogens (tertiary/aromatic N) is 5. The van der Waals surface area contributed by atoms with Gasteiger partial charge in [0.25, 0.3) is 5.91 Å². The van der Waals surface area contributed by atoms with Gasteiger partial charge in [0.1, 0.15) is 12.1 Å². The first-order valence-electron chi connectivity index (χ1n) is 11.8. The van der Waals surface area contributed by atoms with Crippen LogP contribution in [0.2, 0.25) is 0 Å². The summed E-state index contributed by atoms with van der Waals surface area (Å²) in [7, 11) is 1.66. The van der Waals surface area contributed by atoms with E-state index in [1.54, 1.807) is 25.4 Å². The van der Waals surface area contributed by atoms with Gasteiger partial charge in [-0.15, -0.1) is 0 Å². The van der Waals surface area contributed by atoms with E-state index in [1.807, 2.05) is 23.7 Å². The molecule has 0 unspecified atom stereocenters. The van der Waals surface area contributed by atoms with Crippen LogP contribution in [-0.2, 0) is 11.3 Å². The molecule has 4 heterocycles. The lowest BCUT2D eigenvalue weighted by Gasteiger charge is -2.33. The van der Waals surface area contributed by atoms with E-state index in [0.717, 1.165) is 22.3 Å². The van der Waals surface area contributed by atoms with Crippen LogP contribution in [0, 0.1) is 6.92 Å². The second-order valence-electron chi connectivity index (χ2n) is 8.87. The van der Waals surface area contributed by atoms with Gasteiger partial charge in [0.2, 0.25) is 5.89 Å². The molecule has 11 nitrogen and oxygen atoms in total. The number of piperidine rings is 1. The highest BCUT2D eigenvalue weighted by atomic mass is 16.5. The van der Waals surface area contributed by atoms with Crippen molar-refractivity contribution in [2.75, 3.05) is 42.8 Å². The zero-order valence-electron chi connectivity index (χ0n) is 20.3. The molecule has 188 valence electrons. The highest BCUT2D eigenvalue weighted by molar-refractivity contribution is 6.06. The number of ether oxygens (including phenoxy) is 1. The Labute approximate surface area is 207 Å². The maximum Gasteiger partial charge on any atom is 0.277 e. The molecule has 36 heavy (non-hydrogen) atoms. The number of hydrogen-bond acceptors (Lipinski definition) is 9. The summed E-state index contributed by atoms with van der Waals surface area (Å²) in [5, 5.41) is 18.6. The zero-order chi connectivity index (χ0) is 25.2. The van der Waals surface area contributed by atoms with Crippen molar-refractivity contribution in [3.63, 3.8) is 0 Å². The lowest BCUT2D eigenvalue weighted by Crippen LogP contribution is -2.36. The van der Waals surface area contributed by atoms with Gasteiger partial charge < -0.3 is 30.2 Å². The number of carbonyl (C=O) groups is 1. The minimum absolute atomic E-state index is 0.146. The van der Waals surface area contributed by atoms with Gasteiger partial charge in [-0.25, -0.2) is 9.97 Å². The Balaban J connectivity index is 1.49. The molecule has 1 saturated heterocycles. The third-order valence-corrected chi connectivity index (χ3v) is 6.38. The Morgan fingerprint density at radius 3 is 2.86 bits per heavy atom. The van der Waals surface area contributed by atoms with Crippen molar-refractivity contribution in [1.82, 2.24) is 19.7 Å². The molecule has 0 spiro atoms. The fraction of sp³-hybridized carbons (Fsp3) is 0.360.